The van der Waals surface area contributed by atoms with Crippen LogP contribution in [0, 0.1) is 0 Å². The van der Waals surface area contributed by atoms with Crippen LogP contribution in [-0.2, 0) is 11.3 Å². The van der Waals surface area contributed by atoms with Crippen molar-refractivity contribution in [3.63, 3.8) is 0 Å². The molecular formula is C25H23F3O5. The third-order valence-corrected chi connectivity index (χ3v) is 4.58. The van der Waals surface area contributed by atoms with E-state index in [0.29, 0.717) is 22.6 Å². The van der Waals surface area contributed by atoms with E-state index < -0.39 is 12.3 Å². The quantitative estimate of drug-likeness (QED) is 0.342. The van der Waals surface area contributed by atoms with Crippen molar-refractivity contribution in [1.82, 2.24) is 0 Å². The van der Waals surface area contributed by atoms with E-state index in [4.69, 9.17) is 14.2 Å². The zero-order valence-electron chi connectivity index (χ0n) is 18.1. The maximum atomic E-state index is 12.3. The number of carbonyl (C=O) groups excluding carboxylic acids is 1. The Bertz CT molecular complexity index is 1050. The molecule has 0 spiro atoms. The van der Waals surface area contributed by atoms with Gasteiger partial charge in [0, 0.05) is 0 Å². The number of rotatable bonds is 9. The van der Waals surface area contributed by atoms with Crippen molar-refractivity contribution >= 4 is 5.97 Å². The Labute approximate surface area is 189 Å². The zero-order valence-corrected chi connectivity index (χ0v) is 18.1. The molecule has 8 heteroatoms. The summed E-state index contributed by atoms with van der Waals surface area (Å²) in [5.41, 5.74) is 1.87. The third kappa shape index (κ3) is 7.17. The lowest BCUT2D eigenvalue weighted by molar-refractivity contribution is -0.274. The number of ether oxygens (including phenoxy) is 4. The van der Waals surface area contributed by atoms with Gasteiger partial charge in [-0.2, -0.15) is 0 Å². The smallest absolute Gasteiger partial charge is 0.485 e. The van der Waals surface area contributed by atoms with Gasteiger partial charge in [0.1, 0.15) is 18.5 Å². The van der Waals surface area contributed by atoms with Crippen LogP contribution in [0.3, 0.4) is 0 Å². The van der Waals surface area contributed by atoms with Gasteiger partial charge in [0.2, 0.25) is 0 Å². The lowest BCUT2D eigenvalue weighted by atomic mass is 10.1. The molecule has 0 saturated carbocycles. The molecule has 0 bridgehead atoms. The lowest BCUT2D eigenvalue weighted by Crippen LogP contribution is -2.17. The highest BCUT2D eigenvalue weighted by atomic mass is 19.4. The number of alkyl halides is 3. The van der Waals surface area contributed by atoms with Crippen molar-refractivity contribution < 1.29 is 36.9 Å². The molecule has 3 rings (SSSR count). The third-order valence-electron chi connectivity index (χ3n) is 4.58. The molecule has 0 aliphatic rings. The first-order chi connectivity index (χ1) is 15.7. The zero-order chi connectivity index (χ0) is 23.8. The van der Waals surface area contributed by atoms with Crippen molar-refractivity contribution in [2.75, 3.05) is 6.61 Å². The summed E-state index contributed by atoms with van der Waals surface area (Å²) in [7, 11) is 0. The maximum absolute atomic E-state index is 12.3. The largest absolute Gasteiger partial charge is 0.573 e. The van der Waals surface area contributed by atoms with Crippen molar-refractivity contribution in [1.29, 1.82) is 0 Å². The molecular weight excluding hydrogens is 437 g/mol. The molecule has 0 heterocycles. The van der Waals surface area contributed by atoms with E-state index in [1.807, 2.05) is 37.3 Å². The summed E-state index contributed by atoms with van der Waals surface area (Å²) in [6.45, 7) is 3.90. The van der Waals surface area contributed by atoms with Gasteiger partial charge >= 0.3 is 12.3 Å². The minimum Gasteiger partial charge on any atom is -0.485 e. The molecule has 3 aromatic rings. The molecule has 0 aliphatic heterocycles. The summed E-state index contributed by atoms with van der Waals surface area (Å²) in [6.07, 6.45) is -5.08. The van der Waals surface area contributed by atoms with Crippen LogP contribution in [-0.4, -0.2) is 18.9 Å². The Kier molecular flexibility index (Phi) is 7.82. The Hall–Kier alpha value is -3.68. The Morgan fingerprint density at radius 1 is 0.939 bits per heavy atom. The molecule has 0 aliphatic carbocycles. The second-order valence-corrected chi connectivity index (χ2v) is 7.03. The summed E-state index contributed by atoms with van der Waals surface area (Å²) in [4.78, 5) is 12.2. The van der Waals surface area contributed by atoms with Gasteiger partial charge in [0.05, 0.1) is 12.2 Å². The summed E-state index contributed by atoms with van der Waals surface area (Å²) < 4.78 is 57.9. The van der Waals surface area contributed by atoms with E-state index >= 15 is 0 Å². The molecule has 0 amide bonds. The average molecular weight is 460 g/mol. The van der Waals surface area contributed by atoms with Gasteiger partial charge in [0.15, 0.2) is 11.5 Å². The molecule has 0 N–H and O–H groups in total. The molecule has 0 aromatic heterocycles. The van der Waals surface area contributed by atoms with Crippen LogP contribution >= 0.6 is 0 Å². The van der Waals surface area contributed by atoms with Gasteiger partial charge < -0.3 is 18.9 Å². The van der Waals surface area contributed by atoms with Crippen molar-refractivity contribution in [2.24, 2.45) is 0 Å². The van der Waals surface area contributed by atoms with Gasteiger partial charge in [-0.15, -0.1) is 13.2 Å². The second-order valence-electron chi connectivity index (χ2n) is 7.03. The average Bonchev–Trinajstić information content (AvgIpc) is 2.79. The normalized spacial score (nSPS) is 12.0. The van der Waals surface area contributed by atoms with Gasteiger partial charge in [0.25, 0.3) is 0 Å². The second kappa shape index (κ2) is 10.8. The fourth-order valence-corrected chi connectivity index (χ4v) is 2.99. The summed E-state index contributed by atoms with van der Waals surface area (Å²) in [6, 6.07) is 19.6. The monoisotopic (exact) mass is 460 g/mol. The predicted molar refractivity (Wildman–Crippen MR) is 115 cm³/mol. The van der Waals surface area contributed by atoms with Crippen LogP contribution in [0.5, 0.6) is 17.2 Å². The highest BCUT2D eigenvalue weighted by molar-refractivity contribution is 5.90. The van der Waals surface area contributed by atoms with Crippen LogP contribution in [0.4, 0.5) is 13.2 Å². The first kappa shape index (κ1) is 24.0. The van der Waals surface area contributed by atoms with Gasteiger partial charge in [-0.3, -0.25) is 0 Å². The first-order valence-electron chi connectivity index (χ1n) is 10.3. The molecule has 5 nitrogen and oxygen atoms in total. The molecule has 0 fully saturated rings. The Balaban J connectivity index is 1.77. The predicted octanol–water partition coefficient (Wildman–Crippen LogP) is 6.48. The van der Waals surface area contributed by atoms with E-state index in [0.717, 1.165) is 5.56 Å². The van der Waals surface area contributed by atoms with E-state index in [9.17, 15) is 18.0 Å². The topological polar surface area (TPSA) is 54.0 Å². The van der Waals surface area contributed by atoms with Gasteiger partial charge in [-0.05, 0) is 55.3 Å². The van der Waals surface area contributed by atoms with E-state index in [2.05, 4.69) is 4.74 Å². The van der Waals surface area contributed by atoms with Crippen molar-refractivity contribution in [2.45, 2.75) is 32.9 Å². The maximum Gasteiger partial charge on any atom is 0.573 e. The van der Waals surface area contributed by atoms with E-state index in [1.54, 1.807) is 25.1 Å². The fraction of sp³-hybridized carbons (Fsp3) is 0.240. The standard InChI is InChI=1S/C25H23F3O5/c1-3-30-24(29)20-11-14-22(23(15-20)32-17(2)19-7-5-4-6-8-19)31-16-18-9-12-21(13-10-18)33-25(26,27)28/h4-15,17H,3,16H2,1-2H3/t17-/m0/s1. The minimum atomic E-state index is -4.75. The summed E-state index contributed by atoms with van der Waals surface area (Å²) >= 11 is 0. The van der Waals surface area contributed by atoms with Crippen LogP contribution in [0.25, 0.3) is 0 Å². The number of hydrogen-bond donors (Lipinski definition) is 0. The highest BCUT2D eigenvalue weighted by Crippen LogP contribution is 2.33. The van der Waals surface area contributed by atoms with Crippen LogP contribution < -0.4 is 14.2 Å². The Morgan fingerprint density at radius 2 is 1.64 bits per heavy atom. The van der Waals surface area contributed by atoms with Gasteiger partial charge in [-0.1, -0.05) is 42.5 Å². The number of carbonyl (C=O) groups is 1. The van der Waals surface area contributed by atoms with Crippen LogP contribution in [0.15, 0.2) is 72.8 Å². The highest BCUT2D eigenvalue weighted by Gasteiger charge is 2.31. The Morgan fingerprint density at radius 3 is 2.27 bits per heavy atom. The first-order valence-corrected chi connectivity index (χ1v) is 10.3. The minimum absolute atomic E-state index is 0.0706. The summed E-state index contributed by atoms with van der Waals surface area (Å²) in [5.74, 6) is -0.0809. The number of esters is 1. The fourth-order valence-electron chi connectivity index (χ4n) is 2.99. The number of hydrogen-bond acceptors (Lipinski definition) is 5. The number of benzene rings is 3. The van der Waals surface area contributed by atoms with Crippen molar-refractivity contribution in [3.05, 3.63) is 89.5 Å². The molecule has 33 heavy (non-hydrogen) atoms. The van der Waals surface area contributed by atoms with Crippen molar-refractivity contribution in [3.8, 4) is 17.2 Å². The van der Waals surface area contributed by atoms with Crippen LogP contribution in [0.2, 0.25) is 0 Å². The molecule has 1 atom stereocenters. The van der Waals surface area contributed by atoms with Gasteiger partial charge in [-0.25, -0.2) is 4.79 Å². The lowest BCUT2D eigenvalue weighted by Gasteiger charge is -2.19. The molecule has 0 radical (unpaired) electrons. The summed E-state index contributed by atoms with van der Waals surface area (Å²) in [5, 5.41) is 0. The molecule has 0 unspecified atom stereocenters. The number of halogens is 3. The SMILES string of the molecule is CCOC(=O)c1ccc(OCc2ccc(OC(F)(F)F)cc2)c(O[C@@H](C)c2ccccc2)c1. The van der Waals surface area contributed by atoms with Crippen LogP contribution in [0.1, 0.15) is 41.4 Å². The molecule has 0 saturated heterocycles. The molecule has 3 aromatic carbocycles. The molecule has 174 valence electrons. The van der Waals surface area contributed by atoms with E-state index in [1.165, 1.54) is 24.3 Å². The van der Waals surface area contributed by atoms with E-state index in [-0.39, 0.29) is 25.1 Å².